The topological polar surface area (TPSA) is 72.4 Å². The summed E-state index contributed by atoms with van der Waals surface area (Å²) in [5, 5.41) is 0. The Morgan fingerprint density at radius 2 is 2.28 bits per heavy atom. The minimum absolute atomic E-state index is 0.367. The molecule has 1 amide bonds. The van der Waals surface area contributed by atoms with E-state index in [1.807, 2.05) is 19.1 Å². The lowest BCUT2D eigenvalue weighted by molar-refractivity contribution is 0.1000. The van der Waals surface area contributed by atoms with Crippen LogP contribution in [0.4, 0.5) is 0 Å². The summed E-state index contributed by atoms with van der Waals surface area (Å²) in [5.41, 5.74) is 13.9. The van der Waals surface area contributed by atoms with Crippen LogP contribution in [0.25, 0.3) is 0 Å². The normalized spacial score (nSPS) is 20.2. The summed E-state index contributed by atoms with van der Waals surface area (Å²) in [6.07, 6.45) is 1.19. The van der Waals surface area contributed by atoms with Crippen LogP contribution in [0.5, 0.6) is 0 Å². The van der Waals surface area contributed by atoms with Crippen molar-refractivity contribution in [2.24, 2.45) is 17.4 Å². The number of carbonyl (C=O) groups excluding carboxylic acids is 1. The summed E-state index contributed by atoms with van der Waals surface area (Å²) in [7, 11) is 0. The second-order valence-electron chi connectivity index (χ2n) is 5.13. The third kappa shape index (κ3) is 2.89. The molecular formula is C14H21N3O. The van der Waals surface area contributed by atoms with Crippen molar-refractivity contribution in [2.75, 3.05) is 19.6 Å². The third-order valence-corrected chi connectivity index (χ3v) is 3.72. The van der Waals surface area contributed by atoms with Crippen molar-refractivity contribution in [3.8, 4) is 0 Å². The molecule has 4 N–H and O–H groups in total. The molecule has 98 valence electrons. The lowest BCUT2D eigenvalue weighted by Crippen LogP contribution is -2.23. The van der Waals surface area contributed by atoms with Crippen LogP contribution in [-0.4, -0.2) is 30.4 Å². The van der Waals surface area contributed by atoms with Crippen molar-refractivity contribution in [3.05, 3.63) is 34.9 Å². The molecule has 1 unspecified atom stereocenters. The maximum Gasteiger partial charge on any atom is 0.248 e. The Hall–Kier alpha value is -1.39. The van der Waals surface area contributed by atoms with Gasteiger partial charge in [-0.1, -0.05) is 6.07 Å². The average molecular weight is 247 g/mol. The molecule has 1 aromatic rings. The SMILES string of the molecule is Cc1cc(C(N)=O)ccc1CN1CCC(CN)C1. The number of nitrogens with zero attached hydrogens (tertiary/aromatic N) is 1. The number of likely N-dealkylation sites (tertiary alicyclic amines) is 1. The second-order valence-corrected chi connectivity index (χ2v) is 5.13. The standard InChI is InChI=1S/C14H21N3O/c1-10-6-12(14(16)18)2-3-13(10)9-17-5-4-11(7-15)8-17/h2-3,6,11H,4-5,7-9,15H2,1H3,(H2,16,18). The van der Waals surface area contributed by atoms with E-state index in [9.17, 15) is 4.79 Å². The Labute approximate surface area is 108 Å². The lowest BCUT2D eigenvalue weighted by Gasteiger charge is -2.17. The highest BCUT2D eigenvalue weighted by Crippen LogP contribution is 2.19. The molecule has 2 rings (SSSR count). The first-order chi connectivity index (χ1) is 8.60. The molecule has 0 aromatic heterocycles. The van der Waals surface area contributed by atoms with Gasteiger partial charge in [0, 0.05) is 18.7 Å². The van der Waals surface area contributed by atoms with Crippen LogP contribution in [-0.2, 0) is 6.54 Å². The van der Waals surface area contributed by atoms with E-state index >= 15 is 0 Å². The average Bonchev–Trinajstić information content (AvgIpc) is 2.79. The molecule has 0 saturated carbocycles. The Bertz CT molecular complexity index is 445. The largest absolute Gasteiger partial charge is 0.366 e. The van der Waals surface area contributed by atoms with Crippen molar-refractivity contribution in [2.45, 2.75) is 19.9 Å². The van der Waals surface area contributed by atoms with Crippen LogP contribution >= 0.6 is 0 Å². The summed E-state index contributed by atoms with van der Waals surface area (Å²) >= 11 is 0. The zero-order valence-electron chi connectivity index (χ0n) is 10.9. The third-order valence-electron chi connectivity index (χ3n) is 3.72. The number of hydrogen-bond acceptors (Lipinski definition) is 3. The second kappa shape index (κ2) is 5.50. The Morgan fingerprint density at radius 1 is 1.50 bits per heavy atom. The van der Waals surface area contributed by atoms with Gasteiger partial charge in [-0.05, 0) is 55.6 Å². The first-order valence-electron chi connectivity index (χ1n) is 6.42. The van der Waals surface area contributed by atoms with Gasteiger partial charge in [0.1, 0.15) is 0 Å². The van der Waals surface area contributed by atoms with E-state index in [4.69, 9.17) is 11.5 Å². The minimum Gasteiger partial charge on any atom is -0.366 e. The highest BCUT2D eigenvalue weighted by Gasteiger charge is 2.21. The molecule has 1 aromatic carbocycles. The van der Waals surface area contributed by atoms with Gasteiger partial charge in [0.05, 0.1) is 0 Å². The van der Waals surface area contributed by atoms with E-state index in [2.05, 4.69) is 4.90 Å². The number of primary amides is 1. The predicted octanol–water partition coefficient (Wildman–Crippen LogP) is 0.875. The summed E-state index contributed by atoms with van der Waals surface area (Å²) in [6.45, 7) is 5.92. The number of carbonyl (C=O) groups is 1. The van der Waals surface area contributed by atoms with Gasteiger partial charge in [0.2, 0.25) is 5.91 Å². The molecular weight excluding hydrogens is 226 g/mol. The molecule has 1 aliphatic rings. The van der Waals surface area contributed by atoms with Gasteiger partial charge in [0.25, 0.3) is 0 Å². The van der Waals surface area contributed by atoms with E-state index in [1.54, 1.807) is 6.07 Å². The van der Waals surface area contributed by atoms with Crippen molar-refractivity contribution < 1.29 is 4.79 Å². The number of benzene rings is 1. The fraction of sp³-hybridized carbons (Fsp3) is 0.500. The van der Waals surface area contributed by atoms with Crippen LogP contribution in [0.1, 0.15) is 27.9 Å². The molecule has 0 aliphatic carbocycles. The highest BCUT2D eigenvalue weighted by molar-refractivity contribution is 5.93. The number of nitrogens with two attached hydrogens (primary N) is 2. The summed E-state index contributed by atoms with van der Waals surface area (Å²) in [6, 6.07) is 5.68. The highest BCUT2D eigenvalue weighted by atomic mass is 16.1. The number of aryl methyl sites for hydroxylation is 1. The quantitative estimate of drug-likeness (QED) is 0.829. The molecule has 1 aliphatic heterocycles. The molecule has 0 radical (unpaired) electrons. The van der Waals surface area contributed by atoms with Gasteiger partial charge in [-0.2, -0.15) is 0 Å². The van der Waals surface area contributed by atoms with E-state index in [1.165, 1.54) is 12.0 Å². The summed E-state index contributed by atoms with van der Waals surface area (Å²) < 4.78 is 0. The van der Waals surface area contributed by atoms with E-state index < -0.39 is 0 Å². The molecule has 4 heteroatoms. The van der Waals surface area contributed by atoms with Crippen molar-refractivity contribution >= 4 is 5.91 Å². The van der Waals surface area contributed by atoms with Crippen molar-refractivity contribution in [1.29, 1.82) is 0 Å². The van der Waals surface area contributed by atoms with Gasteiger partial charge in [0.15, 0.2) is 0 Å². The Kier molecular flexibility index (Phi) is 3.99. The van der Waals surface area contributed by atoms with Gasteiger partial charge in [-0.3, -0.25) is 9.69 Å². The first-order valence-corrected chi connectivity index (χ1v) is 6.42. The minimum atomic E-state index is -0.367. The van der Waals surface area contributed by atoms with Gasteiger partial charge >= 0.3 is 0 Å². The number of amides is 1. The zero-order valence-corrected chi connectivity index (χ0v) is 10.9. The molecule has 1 heterocycles. The Morgan fingerprint density at radius 3 is 2.83 bits per heavy atom. The monoisotopic (exact) mass is 247 g/mol. The molecule has 0 bridgehead atoms. The summed E-state index contributed by atoms with van der Waals surface area (Å²) in [4.78, 5) is 13.5. The smallest absolute Gasteiger partial charge is 0.248 e. The van der Waals surface area contributed by atoms with Crippen LogP contribution in [0.15, 0.2) is 18.2 Å². The van der Waals surface area contributed by atoms with Gasteiger partial charge < -0.3 is 11.5 Å². The van der Waals surface area contributed by atoms with E-state index in [0.717, 1.165) is 31.7 Å². The molecule has 18 heavy (non-hydrogen) atoms. The molecule has 0 spiro atoms. The molecule has 1 saturated heterocycles. The molecule has 1 atom stereocenters. The summed E-state index contributed by atoms with van der Waals surface area (Å²) in [5.74, 6) is 0.268. The molecule has 4 nitrogen and oxygen atoms in total. The first kappa shape index (κ1) is 13.1. The van der Waals surface area contributed by atoms with E-state index in [0.29, 0.717) is 11.5 Å². The van der Waals surface area contributed by atoms with Crippen LogP contribution in [0.2, 0.25) is 0 Å². The fourth-order valence-electron chi connectivity index (χ4n) is 2.52. The Balaban J connectivity index is 2.04. The van der Waals surface area contributed by atoms with Crippen LogP contribution in [0.3, 0.4) is 0 Å². The lowest BCUT2D eigenvalue weighted by atomic mass is 10.0. The number of rotatable bonds is 4. The maximum atomic E-state index is 11.1. The van der Waals surface area contributed by atoms with E-state index in [-0.39, 0.29) is 5.91 Å². The van der Waals surface area contributed by atoms with Gasteiger partial charge in [-0.15, -0.1) is 0 Å². The van der Waals surface area contributed by atoms with Crippen molar-refractivity contribution in [3.63, 3.8) is 0 Å². The zero-order chi connectivity index (χ0) is 13.1. The fourth-order valence-corrected chi connectivity index (χ4v) is 2.52. The number of hydrogen-bond donors (Lipinski definition) is 2. The predicted molar refractivity (Wildman–Crippen MR) is 72.1 cm³/mol. The van der Waals surface area contributed by atoms with Gasteiger partial charge in [-0.25, -0.2) is 0 Å². The molecule has 1 fully saturated rings. The van der Waals surface area contributed by atoms with Crippen LogP contribution in [0, 0.1) is 12.8 Å². The van der Waals surface area contributed by atoms with Crippen molar-refractivity contribution in [1.82, 2.24) is 4.90 Å². The van der Waals surface area contributed by atoms with Crippen LogP contribution < -0.4 is 11.5 Å². The maximum absolute atomic E-state index is 11.1.